The van der Waals surface area contributed by atoms with Crippen molar-refractivity contribution in [2.45, 2.75) is 54.0 Å². The van der Waals surface area contributed by atoms with Gasteiger partial charge in [-0.05, 0) is 17.3 Å². The van der Waals surface area contributed by atoms with E-state index in [4.69, 9.17) is 10.5 Å². The molecule has 5 heteroatoms. The first kappa shape index (κ1) is 18.9. The summed E-state index contributed by atoms with van der Waals surface area (Å²) in [4.78, 5) is 25.8. The molecular weight excluding hydrogens is 256 g/mol. The van der Waals surface area contributed by atoms with Crippen LogP contribution >= 0.6 is 0 Å². The molecule has 118 valence electrons. The summed E-state index contributed by atoms with van der Waals surface area (Å²) in [7, 11) is 1.34. The molecule has 5 nitrogen and oxygen atoms in total. The van der Waals surface area contributed by atoms with Gasteiger partial charge in [0.15, 0.2) is 0 Å². The first-order valence-corrected chi connectivity index (χ1v) is 7.01. The van der Waals surface area contributed by atoms with Gasteiger partial charge in [-0.25, -0.2) is 4.79 Å². The fourth-order valence-corrected chi connectivity index (χ4v) is 2.03. The van der Waals surface area contributed by atoms with Crippen LogP contribution in [-0.4, -0.2) is 43.0 Å². The van der Waals surface area contributed by atoms with Gasteiger partial charge in [-0.2, -0.15) is 0 Å². The van der Waals surface area contributed by atoms with Crippen LogP contribution in [0.25, 0.3) is 0 Å². The second-order valence-corrected chi connectivity index (χ2v) is 7.39. The molecule has 0 saturated carbocycles. The van der Waals surface area contributed by atoms with Gasteiger partial charge < -0.3 is 15.4 Å². The van der Waals surface area contributed by atoms with Crippen molar-refractivity contribution in [3.05, 3.63) is 0 Å². The summed E-state index contributed by atoms with van der Waals surface area (Å²) in [5.74, 6) is -0.618. The van der Waals surface area contributed by atoms with Crippen molar-refractivity contribution in [3.63, 3.8) is 0 Å². The third kappa shape index (κ3) is 5.90. The van der Waals surface area contributed by atoms with Crippen molar-refractivity contribution in [2.24, 2.45) is 16.6 Å². The van der Waals surface area contributed by atoms with Crippen LogP contribution in [0.4, 0.5) is 0 Å². The summed E-state index contributed by atoms with van der Waals surface area (Å²) in [6.07, 6.45) is 0.794. The molecule has 0 unspecified atom stereocenters. The summed E-state index contributed by atoms with van der Waals surface area (Å²) in [5.41, 5.74) is 5.16. The zero-order valence-corrected chi connectivity index (χ0v) is 13.9. The molecule has 2 N–H and O–H groups in total. The number of nitrogens with two attached hydrogens (primary N) is 1. The lowest BCUT2D eigenvalue weighted by Crippen LogP contribution is -2.54. The number of hydrogen-bond donors (Lipinski definition) is 1. The highest BCUT2D eigenvalue weighted by atomic mass is 16.5. The first-order chi connectivity index (χ1) is 8.94. The van der Waals surface area contributed by atoms with E-state index in [9.17, 15) is 9.59 Å². The topological polar surface area (TPSA) is 72.6 Å². The number of amides is 1. The van der Waals surface area contributed by atoms with Gasteiger partial charge >= 0.3 is 5.97 Å². The summed E-state index contributed by atoms with van der Waals surface area (Å²) in [6.45, 7) is 12.4. The maximum Gasteiger partial charge on any atom is 0.329 e. The maximum atomic E-state index is 12.1. The molecule has 20 heavy (non-hydrogen) atoms. The minimum absolute atomic E-state index is 0.0751. The van der Waals surface area contributed by atoms with Gasteiger partial charge in [0.2, 0.25) is 5.91 Å². The number of carbonyl (C=O) groups is 2. The van der Waals surface area contributed by atoms with Gasteiger partial charge in [-0.1, -0.05) is 41.5 Å². The van der Waals surface area contributed by atoms with E-state index < -0.39 is 17.4 Å². The number of nitrogens with zero attached hydrogens (tertiary/aromatic N) is 1. The lowest BCUT2D eigenvalue weighted by atomic mass is 9.84. The number of rotatable bonds is 5. The van der Waals surface area contributed by atoms with E-state index in [2.05, 4.69) is 20.8 Å². The van der Waals surface area contributed by atoms with E-state index in [1.807, 2.05) is 20.8 Å². The largest absolute Gasteiger partial charge is 0.467 e. The molecule has 0 aromatic heterocycles. The fraction of sp³-hybridized carbons (Fsp3) is 0.867. The van der Waals surface area contributed by atoms with E-state index in [1.165, 1.54) is 7.11 Å². The van der Waals surface area contributed by atoms with E-state index in [-0.39, 0.29) is 17.9 Å². The summed E-state index contributed by atoms with van der Waals surface area (Å²) in [6, 6.07) is -0.620. The third-order valence-electron chi connectivity index (χ3n) is 3.15. The lowest BCUT2D eigenvalue weighted by Gasteiger charge is -2.39. The predicted octanol–water partition coefficient (Wildman–Crippen LogP) is 1.80. The zero-order valence-electron chi connectivity index (χ0n) is 13.9. The van der Waals surface area contributed by atoms with Crippen molar-refractivity contribution in [1.29, 1.82) is 0 Å². The van der Waals surface area contributed by atoms with Crippen LogP contribution in [0, 0.1) is 10.8 Å². The van der Waals surface area contributed by atoms with Crippen molar-refractivity contribution in [3.8, 4) is 0 Å². The van der Waals surface area contributed by atoms with Crippen LogP contribution in [0.2, 0.25) is 0 Å². The van der Waals surface area contributed by atoms with Crippen molar-refractivity contribution in [2.75, 3.05) is 20.2 Å². The Bertz CT molecular complexity index is 340. The average Bonchev–Trinajstić information content (AvgIpc) is 2.29. The Morgan fingerprint density at radius 1 is 1.15 bits per heavy atom. The molecule has 1 atom stereocenters. The highest BCUT2D eigenvalue weighted by Gasteiger charge is 2.39. The Kier molecular flexibility index (Phi) is 6.68. The van der Waals surface area contributed by atoms with Crippen LogP contribution in [0.3, 0.4) is 0 Å². The molecule has 0 spiro atoms. The van der Waals surface area contributed by atoms with Crippen LogP contribution in [0.1, 0.15) is 48.0 Å². The maximum absolute atomic E-state index is 12.1. The Labute approximate surface area is 122 Å². The van der Waals surface area contributed by atoms with E-state index in [0.29, 0.717) is 6.54 Å². The molecule has 0 radical (unpaired) electrons. The number of carbonyl (C=O) groups excluding carboxylic acids is 2. The van der Waals surface area contributed by atoms with Gasteiger partial charge in [0.25, 0.3) is 0 Å². The number of esters is 1. The first-order valence-electron chi connectivity index (χ1n) is 7.01. The van der Waals surface area contributed by atoms with E-state index in [1.54, 1.807) is 4.90 Å². The minimum Gasteiger partial charge on any atom is -0.467 e. The smallest absolute Gasteiger partial charge is 0.329 e. The van der Waals surface area contributed by atoms with Crippen LogP contribution in [0.5, 0.6) is 0 Å². The van der Waals surface area contributed by atoms with E-state index in [0.717, 1.165) is 6.42 Å². The second kappa shape index (κ2) is 7.07. The average molecular weight is 286 g/mol. The number of methoxy groups -OCH3 is 1. The quantitative estimate of drug-likeness (QED) is 0.782. The highest BCUT2D eigenvalue weighted by Crippen LogP contribution is 2.28. The normalized spacial score (nSPS) is 13.8. The van der Waals surface area contributed by atoms with Crippen LogP contribution in [0.15, 0.2) is 0 Å². The van der Waals surface area contributed by atoms with Gasteiger partial charge in [-0.15, -0.1) is 0 Å². The fourth-order valence-electron chi connectivity index (χ4n) is 2.03. The van der Waals surface area contributed by atoms with Crippen LogP contribution in [-0.2, 0) is 14.3 Å². The van der Waals surface area contributed by atoms with Gasteiger partial charge in [-0.3, -0.25) is 4.79 Å². The molecule has 0 aromatic carbocycles. The molecule has 0 heterocycles. The van der Waals surface area contributed by atoms with Crippen molar-refractivity contribution in [1.82, 2.24) is 4.90 Å². The van der Waals surface area contributed by atoms with Gasteiger partial charge in [0, 0.05) is 6.54 Å². The Balaban J connectivity index is 5.33. The molecule has 0 fully saturated rings. The lowest BCUT2D eigenvalue weighted by molar-refractivity contribution is -0.157. The zero-order chi connectivity index (χ0) is 16.1. The Morgan fingerprint density at radius 3 is 1.95 bits per heavy atom. The molecule has 0 aliphatic carbocycles. The molecular formula is C15H30N2O3. The third-order valence-corrected chi connectivity index (χ3v) is 3.15. The highest BCUT2D eigenvalue weighted by molar-refractivity contribution is 5.86. The Morgan fingerprint density at radius 2 is 1.65 bits per heavy atom. The SMILES string of the molecule is COC(=O)[C@@H](N(CCC(C)(C)C)C(=O)CN)C(C)(C)C. The monoisotopic (exact) mass is 286 g/mol. The molecule has 0 rings (SSSR count). The van der Waals surface area contributed by atoms with Gasteiger partial charge in [0.05, 0.1) is 13.7 Å². The molecule has 0 bridgehead atoms. The standard InChI is InChI=1S/C15H30N2O3/c1-14(2,3)8-9-17(11(18)10-16)12(13(19)20-7)15(4,5)6/h12H,8-10,16H2,1-7H3/t12-/m1/s1. The van der Waals surface area contributed by atoms with Gasteiger partial charge in [0.1, 0.15) is 6.04 Å². The Hall–Kier alpha value is -1.10. The van der Waals surface area contributed by atoms with E-state index >= 15 is 0 Å². The second-order valence-electron chi connectivity index (χ2n) is 7.39. The molecule has 0 aliphatic rings. The minimum atomic E-state index is -0.620. The summed E-state index contributed by atoms with van der Waals surface area (Å²) in [5, 5.41) is 0. The molecule has 0 aromatic rings. The van der Waals surface area contributed by atoms with Crippen molar-refractivity contribution < 1.29 is 14.3 Å². The molecule has 1 amide bonds. The molecule has 0 aliphatic heterocycles. The summed E-state index contributed by atoms with van der Waals surface area (Å²) >= 11 is 0. The number of hydrogen-bond acceptors (Lipinski definition) is 4. The summed E-state index contributed by atoms with van der Waals surface area (Å²) < 4.78 is 4.87. The predicted molar refractivity (Wildman–Crippen MR) is 80.1 cm³/mol. The molecule has 0 saturated heterocycles. The van der Waals surface area contributed by atoms with Crippen LogP contribution < -0.4 is 5.73 Å². The number of ether oxygens (including phenoxy) is 1. The van der Waals surface area contributed by atoms with Crippen molar-refractivity contribution >= 4 is 11.9 Å².